The van der Waals surface area contributed by atoms with Gasteiger partial charge in [0.15, 0.2) is 0 Å². The predicted octanol–water partition coefficient (Wildman–Crippen LogP) is 1.98. The van der Waals surface area contributed by atoms with Gasteiger partial charge in [-0.15, -0.1) is 24.2 Å². The molecule has 9 heteroatoms. The Hall–Kier alpha value is -1.77. The van der Waals surface area contributed by atoms with Gasteiger partial charge in [-0.2, -0.15) is 0 Å². The van der Waals surface area contributed by atoms with Gasteiger partial charge in [-0.05, 0) is 31.4 Å². The van der Waals surface area contributed by atoms with Gasteiger partial charge in [0.2, 0.25) is 0 Å². The van der Waals surface area contributed by atoms with Crippen molar-refractivity contribution in [2.45, 2.75) is 18.9 Å². The number of piperidine rings is 1. The maximum Gasteiger partial charge on any atom is 0.261 e. The van der Waals surface area contributed by atoms with Gasteiger partial charge in [-0.1, -0.05) is 0 Å². The number of aromatic nitrogens is 3. The van der Waals surface area contributed by atoms with E-state index in [0.29, 0.717) is 12.0 Å². The van der Waals surface area contributed by atoms with Crippen molar-refractivity contribution in [1.29, 1.82) is 0 Å². The molecule has 0 aromatic carbocycles. The number of likely N-dealkylation sites (tertiary alicyclic amines) is 1. The molecule has 2 saturated heterocycles. The van der Waals surface area contributed by atoms with Crippen LogP contribution < -0.4 is 10.2 Å². The van der Waals surface area contributed by atoms with Gasteiger partial charge in [0.05, 0.1) is 10.3 Å². The van der Waals surface area contributed by atoms with Crippen LogP contribution >= 0.6 is 24.2 Å². The highest BCUT2D eigenvalue weighted by molar-refractivity contribution is 8.04. The molecular formula is C18H23ClN6OS. The Balaban J connectivity index is 0.00000180. The molecule has 1 amide bonds. The first-order chi connectivity index (χ1) is 12.8. The predicted molar refractivity (Wildman–Crippen MR) is 110 cm³/mol. The number of H-pyrrole nitrogens is 1. The third-order valence-corrected chi connectivity index (χ3v) is 6.54. The number of thioether (sulfide) groups is 1. The lowest BCUT2D eigenvalue weighted by Crippen LogP contribution is -2.41. The number of halogens is 1. The fraction of sp³-hybridized carbons (Fsp3) is 0.500. The van der Waals surface area contributed by atoms with Crippen molar-refractivity contribution < 1.29 is 4.79 Å². The van der Waals surface area contributed by atoms with Crippen LogP contribution in [0.15, 0.2) is 29.7 Å². The van der Waals surface area contributed by atoms with Crippen molar-refractivity contribution in [3.63, 3.8) is 0 Å². The van der Waals surface area contributed by atoms with Crippen molar-refractivity contribution in [3.05, 3.63) is 29.7 Å². The molecule has 0 spiro atoms. The van der Waals surface area contributed by atoms with E-state index in [1.807, 2.05) is 23.4 Å². The minimum absolute atomic E-state index is 0. The fourth-order valence-corrected chi connectivity index (χ4v) is 5.20. The van der Waals surface area contributed by atoms with Crippen LogP contribution in [-0.2, 0) is 4.79 Å². The molecule has 2 aromatic rings. The zero-order valence-corrected chi connectivity index (χ0v) is 16.6. The van der Waals surface area contributed by atoms with E-state index in [2.05, 4.69) is 25.2 Å². The molecular weight excluding hydrogens is 384 g/mol. The summed E-state index contributed by atoms with van der Waals surface area (Å²) in [5.41, 5.74) is 0.823. The van der Waals surface area contributed by atoms with Gasteiger partial charge < -0.3 is 20.1 Å². The Morgan fingerprint density at radius 1 is 1.30 bits per heavy atom. The number of hydrogen-bond acceptors (Lipinski definition) is 6. The topological polar surface area (TPSA) is 77.2 Å². The highest BCUT2D eigenvalue weighted by atomic mass is 35.5. The first kappa shape index (κ1) is 18.6. The molecule has 27 heavy (non-hydrogen) atoms. The average molecular weight is 407 g/mol. The molecule has 0 radical (unpaired) electrons. The summed E-state index contributed by atoms with van der Waals surface area (Å²) in [4.78, 5) is 29.8. The van der Waals surface area contributed by atoms with E-state index in [-0.39, 0.29) is 18.3 Å². The molecule has 2 N–H and O–H groups in total. The third kappa shape index (κ3) is 3.41. The Bertz CT molecular complexity index is 856. The second kappa shape index (κ2) is 7.69. The zero-order chi connectivity index (χ0) is 17.5. The third-order valence-electron chi connectivity index (χ3n) is 5.57. The maximum absolute atomic E-state index is 13.1. The lowest BCUT2D eigenvalue weighted by molar-refractivity contribution is -0.125. The molecule has 0 bridgehead atoms. The number of nitrogens with zero attached hydrogens (tertiary/aromatic N) is 4. The van der Waals surface area contributed by atoms with Gasteiger partial charge in [0, 0.05) is 43.8 Å². The second-order valence-electron chi connectivity index (χ2n) is 7.15. The summed E-state index contributed by atoms with van der Waals surface area (Å²) in [6, 6.07) is 2.46. The van der Waals surface area contributed by atoms with E-state index in [4.69, 9.17) is 0 Å². The summed E-state index contributed by atoms with van der Waals surface area (Å²) in [6.07, 6.45) is 7.86. The number of amides is 1. The molecule has 3 aliphatic heterocycles. The van der Waals surface area contributed by atoms with Crippen LogP contribution in [-0.4, -0.2) is 63.7 Å². The average Bonchev–Trinajstić information content (AvgIpc) is 3.33. The van der Waals surface area contributed by atoms with Crippen LogP contribution in [0.1, 0.15) is 12.8 Å². The first-order valence-electron chi connectivity index (χ1n) is 9.21. The summed E-state index contributed by atoms with van der Waals surface area (Å²) in [7, 11) is 0. The van der Waals surface area contributed by atoms with Gasteiger partial charge in [-0.3, -0.25) is 4.79 Å². The zero-order valence-electron chi connectivity index (χ0n) is 14.9. The van der Waals surface area contributed by atoms with Crippen molar-refractivity contribution in [2.24, 2.45) is 5.92 Å². The Labute approximate surface area is 168 Å². The monoisotopic (exact) mass is 406 g/mol. The summed E-state index contributed by atoms with van der Waals surface area (Å²) in [5, 5.41) is 4.55. The number of carbonyl (C=O) groups excluding carboxylic acids is 1. The van der Waals surface area contributed by atoms with Crippen LogP contribution in [0.4, 0.5) is 5.82 Å². The van der Waals surface area contributed by atoms with Gasteiger partial charge in [-0.25, -0.2) is 9.97 Å². The molecule has 144 valence electrons. The Kier molecular flexibility index (Phi) is 5.29. The first-order valence-corrected chi connectivity index (χ1v) is 10.2. The minimum atomic E-state index is 0. The fourth-order valence-electron chi connectivity index (χ4n) is 4.24. The minimum Gasteiger partial charge on any atom is -0.346 e. The van der Waals surface area contributed by atoms with E-state index in [0.717, 1.165) is 53.7 Å². The highest BCUT2D eigenvalue weighted by Crippen LogP contribution is 2.32. The summed E-state index contributed by atoms with van der Waals surface area (Å²) in [6.45, 7) is 3.63. The quantitative estimate of drug-likeness (QED) is 0.794. The lowest BCUT2D eigenvalue weighted by atomic mass is 9.94. The van der Waals surface area contributed by atoms with Gasteiger partial charge >= 0.3 is 0 Å². The molecule has 7 nitrogen and oxygen atoms in total. The van der Waals surface area contributed by atoms with E-state index in [1.54, 1.807) is 18.1 Å². The summed E-state index contributed by atoms with van der Waals surface area (Å²) >= 11 is 1.65. The van der Waals surface area contributed by atoms with Crippen molar-refractivity contribution >= 4 is 46.9 Å². The van der Waals surface area contributed by atoms with Gasteiger partial charge in [0.1, 0.15) is 17.8 Å². The van der Waals surface area contributed by atoms with Gasteiger partial charge in [0.25, 0.3) is 5.91 Å². The number of fused-ring (bicyclic) bond motifs is 2. The summed E-state index contributed by atoms with van der Waals surface area (Å²) in [5.74, 6) is 2.51. The van der Waals surface area contributed by atoms with E-state index >= 15 is 0 Å². The molecule has 2 fully saturated rings. The largest absolute Gasteiger partial charge is 0.346 e. The molecule has 5 heterocycles. The van der Waals surface area contributed by atoms with Crippen LogP contribution in [0.5, 0.6) is 0 Å². The van der Waals surface area contributed by atoms with Crippen molar-refractivity contribution in [1.82, 2.24) is 25.2 Å². The molecule has 3 aliphatic rings. The van der Waals surface area contributed by atoms with E-state index in [1.165, 1.54) is 12.8 Å². The number of aromatic amines is 1. The van der Waals surface area contributed by atoms with E-state index in [9.17, 15) is 4.79 Å². The number of nitrogens with one attached hydrogen (secondary N) is 2. The molecule has 0 aliphatic carbocycles. The number of hydrogen-bond donors (Lipinski definition) is 2. The smallest absolute Gasteiger partial charge is 0.261 e. The van der Waals surface area contributed by atoms with Crippen LogP contribution in [0.25, 0.3) is 11.0 Å². The van der Waals surface area contributed by atoms with Crippen molar-refractivity contribution in [2.75, 3.05) is 36.8 Å². The van der Waals surface area contributed by atoms with Crippen LogP contribution in [0.3, 0.4) is 0 Å². The highest BCUT2D eigenvalue weighted by Gasteiger charge is 2.37. The molecule has 0 unspecified atom stereocenters. The number of anilines is 1. The Morgan fingerprint density at radius 3 is 3.11 bits per heavy atom. The SMILES string of the molecule is Cl.O=C(C1=CN(c2ncnc3[nH]ccc23)CCS1)N1C[C@@H]2CCCN[C@@H]2C1. The van der Waals surface area contributed by atoms with E-state index < -0.39 is 0 Å². The lowest BCUT2D eigenvalue weighted by Gasteiger charge is -2.27. The summed E-state index contributed by atoms with van der Waals surface area (Å²) < 4.78 is 0. The molecule has 5 rings (SSSR count). The molecule has 2 aromatic heterocycles. The van der Waals surface area contributed by atoms with Crippen molar-refractivity contribution in [3.8, 4) is 0 Å². The number of carbonyl (C=O) groups is 1. The molecule has 0 saturated carbocycles. The normalized spacial score (nSPS) is 25.1. The molecule has 2 atom stereocenters. The maximum atomic E-state index is 13.1. The van der Waals surface area contributed by atoms with Crippen LogP contribution in [0, 0.1) is 5.92 Å². The van der Waals surface area contributed by atoms with Crippen LogP contribution in [0.2, 0.25) is 0 Å². The number of rotatable bonds is 2. The Morgan fingerprint density at radius 2 is 2.22 bits per heavy atom. The standard InChI is InChI=1S/C18H22N6OS.ClH/c25-18(24-8-12-2-1-4-19-14(12)9-24)15-10-23(6-7-26-15)17-13-3-5-20-16(13)21-11-22-17;/h3,5,10-12,14,19H,1-2,4,6-9H2,(H,20,21,22);1H/t12-,14+;/m0./s1. The second-order valence-corrected chi connectivity index (χ2v) is 8.28.